The van der Waals surface area contributed by atoms with Crippen molar-refractivity contribution in [2.45, 2.75) is 19.8 Å². The Balaban J connectivity index is 4.00. The maximum absolute atomic E-state index is 11.5. The fraction of sp³-hybridized carbons (Fsp3) is 0.636. The van der Waals surface area contributed by atoms with Gasteiger partial charge in [0.2, 0.25) is 5.91 Å². The minimum atomic E-state index is -0.293. The van der Waals surface area contributed by atoms with E-state index in [0.717, 1.165) is 0 Å². The van der Waals surface area contributed by atoms with Crippen molar-refractivity contribution in [3.8, 4) is 0 Å². The lowest BCUT2D eigenvalue weighted by molar-refractivity contribution is -0.146. The predicted octanol–water partition coefficient (Wildman–Crippen LogP) is 1.22. The highest BCUT2D eigenvalue weighted by molar-refractivity contribution is 5.77. The summed E-state index contributed by atoms with van der Waals surface area (Å²) >= 11 is 0. The molecule has 0 saturated carbocycles. The number of amides is 1. The highest BCUT2D eigenvalue weighted by atomic mass is 16.5. The van der Waals surface area contributed by atoms with E-state index in [2.05, 4.69) is 11.3 Å². The van der Waals surface area contributed by atoms with E-state index in [0.29, 0.717) is 19.4 Å². The second kappa shape index (κ2) is 7.04. The van der Waals surface area contributed by atoms with Crippen LogP contribution >= 0.6 is 0 Å². The van der Waals surface area contributed by atoms with Gasteiger partial charge in [0.15, 0.2) is 0 Å². The number of carbonyl (C=O) groups is 2. The second-order valence-corrected chi connectivity index (χ2v) is 3.53. The van der Waals surface area contributed by atoms with Crippen LogP contribution in [-0.4, -0.2) is 37.5 Å². The van der Waals surface area contributed by atoms with Crippen LogP contribution in [0.4, 0.5) is 0 Å². The van der Waals surface area contributed by atoms with E-state index < -0.39 is 0 Å². The van der Waals surface area contributed by atoms with Gasteiger partial charge in [-0.3, -0.25) is 9.59 Å². The molecule has 0 saturated heterocycles. The van der Waals surface area contributed by atoms with Crippen molar-refractivity contribution >= 4 is 11.9 Å². The number of hydrogen-bond donors (Lipinski definition) is 0. The van der Waals surface area contributed by atoms with E-state index in [-0.39, 0.29) is 17.8 Å². The van der Waals surface area contributed by atoms with Gasteiger partial charge in [-0.05, 0) is 6.42 Å². The molecule has 0 heterocycles. The van der Waals surface area contributed by atoms with Crippen LogP contribution in [0, 0.1) is 5.92 Å². The van der Waals surface area contributed by atoms with Crippen molar-refractivity contribution in [3.05, 3.63) is 12.7 Å². The predicted molar refractivity (Wildman–Crippen MR) is 58.2 cm³/mol. The highest BCUT2D eigenvalue weighted by Crippen LogP contribution is 2.03. The summed E-state index contributed by atoms with van der Waals surface area (Å²) in [6, 6.07) is 0. The zero-order valence-electron chi connectivity index (χ0n) is 9.66. The highest BCUT2D eigenvalue weighted by Gasteiger charge is 2.17. The lowest BCUT2D eigenvalue weighted by Gasteiger charge is -2.19. The van der Waals surface area contributed by atoms with Crippen molar-refractivity contribution in [2.24, 2.45) is 5.92 Å². The van der Waals surface area contributed by atoms with E-state index >= 15 is 0 Å². The summed E-state index contributed by atoms with van der Waals surface area (Å²) in [4.78, 5) is 24.1. The minimum Gasteiger partial charge on any atom is -0.469 e. The SMILES string of the molecule is C=CCCC(=O)N(C)CC(C)C(=O)OC. The Hall–Kier alpha value is -1.32. The van der Waals surface area contributed by atoms with E-state index in [1.54, 1.807) is 24.9 Å². The van der Waals surface area contributed by atoms with Crippen molar-refractivity contribution in [3.63, 3.8) is 0 Å². The summed E-state index contributed by atoms with van der Waals surface area (Å²) < 4.78 is 4.58. The quantitative estimate of drug-likeness (QED) is 0.492. The normalized spacial score (nSPS) is 11.7. The monoisotopic (exact) mass is 213 g/mol. The zero-order chi connectivity index (χ0) is 11.8. The number of allylic oxidation sites excluding steroid dienone is 1. The second-order valence-electron chi connectivity index (χ2n) is 3.53. The summed E-state index contributed by atoms with van der Waals surface area (Å²) in [5.41, 5.74) is 0. The average molecular weight is 213 g/mol. The molecule has 0 aliphatic rings. The Morgan fingerprint density at radius 2 is 2.13 bits per heavy atom. The van der Waals surface area contributed by atoms with Crippen LogP contribution in [0.1, 0.15) is 19.8 Å². The van der Waals surface area contributed by atoms with Crippen molar-refractivity contribution < 1.29 is 14.3 Å². The summed E-state index contributed by atoms with van der Waals surface area (Å²) in [6.07, 6.45) is 2.80. The largest absolute Gasteiger partial charge is 0.469 e. The van der Waals surface area contributed by atoms with Crippen LogP contribution in [-0.2, 0) is 14.3 Å². The molecule has 0 aromatic rings. The molecular formula is C11H19NO3. The summed E-state index contributed by atoms with van der Waals surface area (Å²) in [5, 5.41) is 0. The third kappa shape index (κ3) is 5.20. The molecule has 0 aliphatic heterocycles. The lowest BCUT2D eigenvalue weighted by Crippen LogP contribution is -2.33. The smallest absolute Gasteiger partial charge is 0.310 e. The number of hydrogen-bond acceptors (Lipinski definition) is 3. The fourth-order valence-electron chi connectivity index (χ4n) is 1.20. The van der Waals surface area contributed by atoms with Crippen LogP contribution in [0.15, 0.2) is 12.7 Å². The number of esters is 1. The molecule has 0 aliphatic carbocycles. The van der Waals surface area contributed by atoms with Crippen LogP contribution in [0.3, 0.4) is 0 Å². The third-order valence-electron chi connectivity index (χ3n) is 2.14. The average Bonchev–Trinajstić information content (AvgIpc) is 2.24. The van der Waals surface area contributed by atoms with Crippen molar-refractivity contribution in [1.29, 1.82) is 0 Å². The molecule has 4 heteroatoms. The lowest BCUT2D eigenvalue weighted by atomic mass is 10.1. The van der Waals surface area contributed by atoms with Gasteiger partial charge in [-0.25, -0.2) is 0 Å². The number of ether oxygens (including phenoxy) is 1. The number of methoxy groups -OCH3 is 1. The fourth-order valence-corrected chi connectivity index (χ4v) is 1.20. The van der Waals surface area contributed by atoms with Crippen LogP contribution in [0.2, 0.25) is 0 Å². The molecule has 4 nitrogen and oxygen atoms in total. The van der Waals surface area contributed by atoms with Gasteiger partial charge in [0.25, 0.3) is 0 Å². The molecule has 0 N–H and O–H groups in total. The zero-order valence-corrected chi connectivity index (χ0v) is 9.66. The van der Waals surface area contributed by atoms with E-state index in [1.807, 2.05) is 0 Å². The molecule has 1 amide bonds. The Morgan fingerprint density at radius 3 is 2.60 bits per heavy atom. The number of nitrogens with zero attached hydrogens (tertiary/aromatic N) is 1. The molecule has 1 unspecified atom stereocenters. The summed E-state index contributed by atoms with van der Waals surface area (Å²) in [5.74, 6) is -0.559. The van der Waals surface area contributed by atoms with Gasteiger partial charge in [0, 0.05) is 20.0 Å². The van der Waals surface area contributed by atoms with Crippen LogP contribution in [0.25, 0.3) is 0 Å². The Bertz CT molecular complexity index is 238. The minimum absolute atomic E-state index is 0.0191. The maximum Gasteiger partial charge on any atom is 0.310 e. The van der Waals surface area contributed by atoms with Gasteiger partial charge in [-0.2, -0.15) is 0 Å². The van der Waals surface area contributed by atoms with Gasteiger partial charge in [-0.1, -0.05) is 13.0 Å². The molecule has 0 spiro atoms. The topological polar surface area (TPSA) is 46.6 Å². The van der Waals surface area contributed by atoms with Gasteiger partial charge in [0.1, 0.15) is 0 Å². The first-order valence-corrected chi connectivity index (χ1v) is 4.95. The maximum atomic E-state index is 11.5. The van der Waals surface area contributed by atoms with Crippen LogP contribution < -0.4 is 0 Å². The first-order chi connectivity index (χ1) is 7.02. The van der Waals surface area contributed by atoms with Gasteiger partial charge >= 0.3 is 5.97 Å². The molecule has 0 aromatic heterocycles. The molecule has 15 heavy (non-hydrogen) atoms. The molecule has 0 radical (unpaired) electrons. The third-order valence-corrected chi connectivity index (χ3v) is 2.14. The summed E-state index contributed by atoms with van der Waals surface area (Å²) in [7, 11) is 3.03. The van der Waals surface area contributed by atoms with Crippen molar-refractivity contribution in [1.82, 2.24) is 4.90 Å². The molecule has 0 aromatic carbocycles. The summed E-state index contributed by atoms with van der Waals surface area (Å²) in [6.45, 7) is 5.68. The number of carbonyl (C=O) groups excluding carboxylic acids is 2. The van der Waals surface area contributed by atoms with E-state index in [9.17, 15) is 9.59 Å². The number of rotatable bonds is 6. The first kappa shape index (κ1) is 13.7. The molecule has 0 fully saturated rings. The Morgan fingerprint density at radius 1 is 1.53 bits per heavy atom. The Labute approximate surface area is 90.9 Å². The first-order valence-electron chi connectivity index (χ1n) is 4.95. The molecule has 0 bridgehead atoms. The standard InChI is InChI=1S/C11H19NO3/c1-5-6-7-10(13)12(3)8-9(2)11(14)15-4/h5,9H,1,6-8H2,2-4H3. The van der Waals surface area contributed by atoms with E-state index in [1.165, 1.54) is 7.11 Å². The van der Waals surface area contributed by atoms with Gasteiger partial charge < -0.3 is 9.64 Å². The molecular weight excluding hydrogens is 194 g/mol. The molecule has 1 atom stereocenters. The molecule has 0 rings (SSSR count). The van der Waals surface area contributed by atoms with E-state index in [4.69, 9.17) is 0 Å². The van der Waals surface area contributed by atoms with Crippen molar-refractivity contribution in [2.75, 3.05) is 20.7 Å². The van der Waals surface area contributed by atoms with Gasteiger partial charge in [0.05, 0.1) is 13.0 Å². The Kier molecular flexibility index (Phi) is 6.42. The van der Waals surface area contributed by atoms with Gasteiger partial charge in [-0.15, -0.1) is 6.58 Å². The van der Waals surface area contributed by atoms with Crippen LogP contribution in [0.5, 0.6) is 0 Å². The molecule has 86 valence electrons.